The van der Waals surface area contributed by atoms with Crippen LogP contribution in [0.5, 0.6) is 0 Å². The number of Topliss-reactive ketones (excluding diaryl/α,β-unsaturated/α-hetero) is 1. The largest absolute Gasteiger partial charge is 0.360 e. The number of unbranched alkanes of at least 4 members (excludes halogenated alkanes) is 1. The van der Waals surface area contributed by atoms with E-state index in [1.54, 1.807) is 6.20 Å². The minimum Gasteiger partial charge on any atom is -0.360 e. The predicted molar refractivity (Wildman–Crippen MR) is 96.3 cm³/mol. The third-order valence-electron chi connectivity index (χ3n) is 4.07. The molecule has 0 fully saturated rings. The number of fused-ring (bicyclic) bond motifs is 1. The van der Waals surface area contributed by atoms with Crippen molar-refractivity contribution in [3.8, 4) is 0 Å². The van der Waals surface area contributed by atoms with Crippen LogP contribution in [0.15, 0.2) is 54.7 Å². The van der Waals surface area contributed by atoms with E-state index in [0.717, 1.165) is 30.2 Å². The molecule has 0 atom stereocenters. The summed E-state index contributed by atoms with van der Waals surface area (Å²) in [5.74, 6) is -1.16. The number of nitrogens with one attached hydrogen (secondary N) is 2. The number of H-pyrrole nitrogens is 1. The van der Waals surface area contributed by atoms with Crippen molar-refractivity contribution >= 4 is 28.3 Å². The Morgan fingerprint density at radius 2 is 1.79 bits per heavy atom. The van der Waals surface area contributed by atoms with Gasteiger partial charge in [-0.2, -0.15) is 0 Å². The van der Waals surface area contributed by atoms with E-state index >= 15 is 0 Å². The zero-order valence-electron chi connectivity index (χ0n) is 13.6. The Labute approximate surface area is 140 Å². The lowest BCUT2D eigenvalue weighted by atomic mass is 10.1. The lowest BCUT2D eigenvalue weighted by molar-refractivity contribution is -0.112. The number of amides is 1. The Morgan fingerprint density at radius 3 is 2.54 bits per heavy atom. The van der Waals surface area contributed by atoms with Crippen LogP contribution in [0.25, 0.3) is 10.9 Å². The quantitative estimate of drug-likeness (QED) is 0.524. The second kappa shape index (κ2) is 7.13. The molecule has 0 aliphatic rings. The molecule has 2 aromatic carbocycles. The van der Waals surface area contributed by atoms with Crippen LogP contribution in [0.3, 0.4) is 0 Å². The van der Waals surface area contributed by atoms with Crippen LogP contribution in [-0.4, -0.2) is 16.7 Å². The van der Waals surface area contributed by atoms with Gasteiger partial charge in [0, 0.05) is 22.8 Å². The summed E-state index contributed by atoms with van der Waals surface area (Å²) in [6.07, 6.45) is 4.90. The molecule has 3 rings (SSSR count). The molecule has 24 heavy (non-hydrogen) atoms. The summed E-state index contributed by atoms with van der Waals surface area (Å²) in [5.41, 5.74) is 3.10. The molecule has 0 unspecified atom stereocenters. The minimum atomic E-state index is -0.624. The second-order valence-electron chi connectivity index (χ2n) is 5.83. The minimum absolute atomic E-state index is 0.391. The van der Waals surface area contributed by atoms with Gasteiger partial charge in [-0.15, -0.1) is 0 Å². The van der Waals surface area contributed by atoms with Crippen LogP contribution < -0.4 is 5.32 Å². The smallest absolute Gasteiger partial charge is 0.296 e. The number of aromatic nitrogens is 1. The van der Waals surface area contributed by atoms with E-state index < -0.39 is 11.7 Å². The Kier molecular flexibility index (Phi) is 4.75. The van der Waals surface area contributed by atoms with Gasteiger partial charge < -0.3 is 10.3 Å². The van der Waals surface area contributed by atoms with Crippen molar-refractivity contribution in [3.05, 3.63) is 65.9 Å². The first-order chi connectivity index (χ1) is 11.7. The van der Waals surface area contributed by atoms with E-state index in [9.17, 15) is 9.59 Å². The normalized spacial score (nSPS) is 10.7. The number of anilines is 1. The SMILES string of the molecule is CCCCc1ccc(NC(=O)C(=O)c2c[nH]c3ccccc23)cc1. The molecule has 4 nitrogen and oxygen atoms in total. The number of aryl methyl sites for hydroxylation is 1. The Hall–Kier alpha value is -2.88. The zero-order chi connectivity index (χ0) is 16.9. The fraction of sp³-hybridized carbons (Fsp3) is 0.200. The van der Waals surface area contributed by atoms with E-state index in [4.69, 9.17) is 0 Å². The van der Waals surface area contributed by atoms with E-state index in [2.05, 4.69) is 17.2 Å². The number of ketones is 1. The third kappa shape index (κ3) is 3.38. The van der Waals surface area contributed by atoms with Crippen LogP contribution in [0.4, 0.5) is 5.69 Å². The van der Waals surface area contributed by atoms with E-state index in [-0.39, 0.29) is 0 Å². The van der Waals surface area contributed by atoms with Gasteiger partial charge in [0.25, 0.3) is 11.7 Å². The molecule has 2 N–H and O–H groups in total. The second-order valence-corrected chi connectivity index (χ2v) is 5.83. The van der Waals surface area contributed by atoms with E-state index in [1.807, 2.05) is 48.5 Å². The van der Waals surface area contributed by atoms with Crippen molar-refractivity contribution in [3.63, 3.8) is 0 Å². The van der Waals surface area contributed by atoms with Gasteiger partial charge in [0.2, 0.25) is 0 Å². The van der Waals surface area contributed by atoms with Crippen LogP contribution >= 0.6 is 0 Å². The summed E-state index contributed by atoms with van der Waals surface area (Å²) in [6, 6.07) is 15.1. The lowest BCUT2D eigenvalue weighted by Crippen LogP contribution is -2.22. The molecule has 1 amide bonds. The van der Waals surface area contributed by atoms with Crippen molar-refractivity contribution < 1.29 is 9.59 Å². The molecule has 0 saturated heterocycles. The third-order valence-corrected chi connectivity index (χ3v) is 4.07. The van der Waals surface area contributed by atoms with Crippen molar-refractivity contribution in [1.29, 1.82) is 0 Å². The van der Waals surface area contributed by atoms with Crippen molar-refractivity contribution in [2.24, 2.45) is 0 Å². The van der Waals surface area contributed by atoms with Gasteiger partial charge in [0.1, 0.15) is 0 Å². The number of rotatable bonds is 6. The molecule has 0 aliphatic heterocycles. The van der Waals surface area contributed by atoms with Gasteiger partial charge in [0.15, 0.2) is 0 Å². The first-order valence-corrected chi connectivity index (χ1v) is 8.19. The summed E-state index contributed by atoms with van der Waals surface area (Å²) >= 11 is 0. The first-order valence-electron chi connectivity index (χ1n) is 8.19. The maximum atomic E-state index is 12.4. The van der Waals surface area contributed by atoms with Crippen molar-refractivity contribution in [2.75, 3.05) is 5.32 Å². The highest BCUT2D eigenvalue weighted by Crippen LogP contribution is 2.19. The molecule has 4 heteroatoms. The zero-order valence-corrected chi connectivity index (χ0v) is 13.6. The number of benzene rings is 2. The van der Waals surface area contributed by atoms with Gasteiger partial charge in [-0.1, -0.05) is 43.7 Å². The van der Waals surface area contributed by atoms with Crippen molar-refractivity contribution in [1.82, 2.24) is 4.98 Å². The summed E-state index contributed by atoms with van der Waals surface area (Å²) in [6.45, 7) is 2.16. The van der Waals surface area contributed by atoms with Gasteiger partial charge in [0.05, 0.1) is 5.56 Å². The summed E-state index contributed by atoms with van der Waals surface area (Å²) in [7, 11) is 0. The molecule has 122 valence electrons. The highest BCUT2D eigenvalue weighted by atomic mass is 16.2. The molecule has 0 radical (unpaired) electrons. The van der Waals surface area contributed by atoms with Crippen molar-refractivity contribution in [2.45, 2.75) is 26.2 Å². The molecular formula is C20H20N2O2. The molecule has 0 spiro atoms. The average Bonchev–Trinajstić information content (AvgIpc) is 3.04. The topological polar surface area (TPSA) is 62.0 Å². The average molecular weight is 320 g/mol. The Balaban J connectivity index is 1.71. The predicted octanol–water partition coefficient (Wildman–Crippen LogP) is 4.33. The summed E-state index contributed by atoms with van der Waals surface area (Å²) in [5, 5.41) is 3.43. The number of hydrogen-bond donors (Lipinski definition) is 2. The molecule has 0 saturated carbocycles. The van der Waals surface area contributed by atoms with Crippen LogP contribution in [-0.2, 0) is 11.2 Å². The van der Waals surface area contributed by atoms with E-state index in [0.29, 0.717) is 11.3 Å². The van der Waals surface area contributed by atoms with Crippen LogP contribution in [0.2, 0.25) is 0 Å². The summed E-state index contributed by atoms with van der Waals surface area (Å²) in [4.78, 5) is 27.7. The summed E-state index contributed by atoms with van der Waals surface area (Å²) < 4.78 is 0. The molecule has 1 aromatic heterocycles. The van der Waals surface area contributed by atoms with Gasteiger partial charge in [-0.05, 0) is 36.6 Å². The standard InChI is InChI=1S/C20H20N2O2/c1-2-3-6-14-9-11-15(12-10-14)22-20(24)19(23)17-13-21-18-8-5-4-7-16(17)18/h4-5,7-13,21H,2-3,6H2,1H3,(H,22,24). The highest BCUT2D eigenvalue weighted by molar-refractivity contribution is 6.48. The number of hydrogen-bond acceptors (Lipinski definition) is 2. The molecular weight excluding hydrogens is 300 g/mol. The molecule has 0 bridgehead atoms. The number of aromatic amines is 1. The molecule has 0 aliphatic carbocycles. The Morgan fingerprint density at radius 1 is 1.04 bits per heavy atom. The first kappa shape index (κ1) is 16.0. The fourth-order valence-electron chi connectivity index (χ4n) is 2.71. The van der Waals surface area contributed by atoms with Crippen LogP contribution in [0, 0.1) is 0 Å². The van der Waals surface area contributed by atoms with Crippen LogP contribution in [0.1, 0.15) is 35.7 Å². The maximum Gasteiger partial charge on any atom is 0.296 e. The lowest BCUT2D eigenvalue weighted by Gasteiger charge is -2.06. The Bertz CT molecular complexity index is 863. The number of carbonyl (C=O) groups excluding carboxylic acids is 2. The monoisotopic (exact) mass is 320 g/mol. The van der Waals surface area contributed by atoms with E-state index in [1.165, 1.54) is 5.56 Å². The number of para-hydroxylation sites is 1. The number of carbonyl (C=O) groups is 2. The highest BCUT2D eigenvalue weighted by Gasteiger charge is 2.19. The fourth-order valence-corrected chi connectivity index (χ4v) is 2.71. The van der Waals surface area contributed by atoms with Gasteiger partial charge in [-0.3, -0.25) is 9.59 Å². The molecule has 3 aromatic rings. The van der Waals surface area contributed by atoms with Gasteiger partial charge >= 0.3 is 0 Å². The molecule has 1 heterocycles. The maximum absolute atomic E-state index is 12.4. The van der Waals surface area contributed by atoms with Gasteiger partial charge in [-0.25, -0.2) is 0 Å².